The number of hydrogen-bond acceptors (Lipinski definition) is 3. The van der Waals surface area contributed by atoms with Crippen molar-refractivity contribution in [3.8, 4) is 0 Å². The second-order valence-electron chi connectivity index (χ2n) is 2.31. The number of nitrogens with one attached hydrogen (secondary N) is 1. The molecule has 0 spiro atoms. The lowest BCUT2D eigenvalue weighted by Gasteiger charge is -2.08. The highest BCUT2D eigenvalue weighted by molar-refractivity contribution is 8.00. The Hall–Kier alpha value is -0.950. The van der Waals surface area contributed by atoms with Crippen molar-refractivity contribution in [1.82, 2.24) is 0 Å². The van der Waals surface area contributed by atoms with Crippen molar-refractivity contribution in [2.24, 2.45) is 5.84 Å². The zero-order chi connectivity index (χ0) is 10.8. The van der Waals surface area contributed by atoms with Crippen molar-refractivity contribution in [2.45, 2.75) is 10.4 Å². The topological polar surface area (TPSA) is 38.0 Å². The van der Waals surface area contributed by atoms with Crippen LogP contribution in [-0.2, 0) is 0 Å². The maximum Gasteiger partial charge on any atom is 0.446 e. The molecule has 1 aromatic rings. The van der Waals surface area contributed by atoms with Crippen molar-refractivity contribution in [2.75, 3.05) is 5.43 Å². The molecule has 2 nitrogen and oxygen atoms in total. The summed E-state index contributed by atoms with van der Waals surface area (Å²) in [5.74, 6) is 3.90. The van der Waals surface area contributed by atoms with Gasteiger partial charge in [-0.2, -0.15) is 13.2 Å². The molecule has 0 heterocycles. The van der Waals surface area contributed by atoms with Crippen molar-refractivity contribution in [3.63, 3.8) is 0 Å². The van der Waals surface area contributed by atoms with E-state index in [9.17, 15) is 17.6 Å². The molecule has 0 fully saturated rings. The van der Waals surface area contributed by atoms with Gasteiger partial charge in [0.05, 0.1) is 10.6 Å². The van der Waals surface area contributed by atoms with Gasteiger partial charge < -0.3 is 5.43 Å². The molecule has 0 unspecified atom stereocenters. The molecule has 0 saturated heterocycles. The Morgan fingerprint density at radius 1 is 1.29 bits per heavy atom. The van der Waals surface area contributed by atoms with Crippen LogP contribution in [0.15, 0.2) is 23.1 Å². The van der Waals surface area contributed by atoms with Gasteiger partial charge in [-0.25, -0.2) is 4.39 Å². The molecular weight excluding hydrogens is 220 g/mol. The second kappa shape index (κ2) is 4.05. The van der Waals surface area contributed by atoms with Crippen LogP contribution >= 0.6 is 11.8 Å². The van der Waals surface area contributed by atoms with Crippen molar-refractivity contribution >= 4 is 17.4 Å². The van der Waals surface area contributed by atoms with Gasteiger partial charge in [-0.05, 0) is 23.9 Å². The zero-order valence-electron chi connectivity index (χ0n) is 6.73. The van der Waals surface area contributed by atoms with E-state index in [0.29, 0.717) is 0 Å². The lowest BCUT2D eigenvalue weighted by atomic mass is 10.3. The SMILES string of the molecule is NNc1cccc(SC(F)(F)F)c1F. The minimum absolute atomic E-state index is 0.167. The van der Waals surface area contributed by atoms with Crippen LogP contribution in [0.4, 0.5) is 23.2 Å². The minimum atomic E-state index is -4.51. The Bertz CT molecular complexity index is 326. The Kier molecular flexibility index (Phi) is 3.22. The molecule has 0 amide bonds. The Labute approximate surface area is 81.4 Å². The monoisotopic (exact) mass is 226 g/mol. The van der Waals surface area contributed by atoms with Crippen molar-refractivity contribution < 1.29 is 17.6 Å². The quantitative estimate of drug-likeness (QED) is 0.352. The van der Waals surface area contributed by atoms with Gasteiger partial charge in [0.15, 0.2) is 5.82 Å². The summed E-state index contributed by atoms with van der Waals surface area (Å²) >= 11 is -0.514. The van der Waals surface area contributed by atoms with Crippen LogP contribution in [0, 0.1) is 5.82 Å². The van der Waals surface area contributed by atoms with Crippen LogP contribution in [0.1, 0.15) is 0 Å². The molecule has 3 N–H and O–H groups in total. The summed E-state index contributed by atoms with van der Waals surface area (Å²) in [4.78, 5) is -0.507. The number of hydrogen-bond donors (Lipinski definition) is 2. The number of nitrogens with two attached hydrogens (primary N) is 1. The van der Waals surface area contributed by atoms with Gasteiger partial charge in [0.1, 0.15) is 0 Å². The number of rotatable bonds is 2. The second-order valence-corrected chi connectivity index (χ2v) is 3.42. The molecule has 0 saturated carbocycles. The lowest BCUT2D eigenvalue weighted by molar-refractivity contribution is -0.0329. The Balaban J connectivity index is 2.98. The van der Waals surface area contributed by atoms with E-state index in [-0.39, 0.29) is 5.69 Å². The lowest BCUT2D eigenvalue weighted by Crippen LogP contribution is -2.09. The van der Waals surface area contributed by atoms with Crippen LogP contribution in [-0.4, -0.2) is 5.51 Å². The molecule has 1 aromatic carbocycles. The summed E-state index contributed by atoms with van der Waals surface area (Å²) in [5.41, 5.74) is -2.71. The number of anilines is 1. The standard InChI is InChI=1S/C7H6F4N2S/c8-6-4(13-12)2-1-3-5(6)14-7(9,10)11/h1-3,13H,12H2. The highest BCUT2D eigenvalue weighted by atomic mass is 32.2. The van der Waals surface area contributed by atoms with E-state index in [0.717, 1.165) is 6.07 Å². The fraction of sp³-hybridized carbons (Fsp3) is 0.143. The van der Waals surface area contributed by atoms with E-state index >= 15 is 0 Å². The zero-order valence-corrected chi connectivity index (χ0v) is 7.55. The Morgan fingerprint density at radius 2 is 1.93 bits per heavy atom. The van der Waals surface area contributed by atoms with E-state index < -0.39 is 28.0 Å². The Morgan fingerprint density at radius 3 is 2.43 bits per heavy atom. The van der Waals surface area contributed by atoms with E-state index in [2.05, 4.69) is 0 Å². The molecule has 0 aliphatic heterocycles. The predicted octanol–water partition coefficient (Wildman–Crippen LogP) is 2.72. The number of alkyl halides is 3. The van der Waals surface area contributed by atoms with Crippen LogP contribution in [0.5, 0.6) is 0 Å². The highest BCUT2D eigenvalue weighted by Crippen LogP contribution is 2.39. The number of halogens is 4. The average Bonchev–Trinajstić information content (AvgIpc) is 2.06. The molecule has 0 atom stereocenters. The number of thioether (sulfide) groups is 1. The normalized spacial score (nSPS) is 11.5. The summed E-state index contributed by atoms with van der Waals surface area (Å²) in [6, 6.07) is 3.57. The van der Waals surface area contributed by atoms with E-state index in [1.165, 1.54) is 12.1 Å². The largest absolute Gasteiger partial charge is 0.446 e. The van der Waals surface area contributed by atoms with Gasteiger partial charge in [0.2, 0.25) is 0 Å². The molecule has 78 valence electrons. The fourth-order valence-corrected chi connectivity index (χ4v) is 1.42. The molecule has 0 aliphatic carbocycles. The van der Waals surface area contributed by atoms with Crippen LogP contribution < -0.4 is 11.3 Å². The molecule has 0 radical (unpaired) electrons. The predicted molar refractivity (Wildman–Crippen MR) is 46.1 cm³/mol. The first-order valence-electron chi connectivity index (χ1n) is 3.45. The van der Waals surface area contributed by atoms with Crippen LogP contribution in [0.3, 0.4) is 0 Å². The van der Waals surface area contributed by atoms with Gasteiger partial charge in [-0.15, -0.1) is 0 Å². The van der Waals surface area contributed by atoms with E-state index in [4.69, 9.17) is 5.84 Å². The van der Waals surface area contributed by atoms with Gasteiger partial charge >= 0.3 is 5.51 Å². The summed E-state index contributed by atoms with van der Waals surface area (Å²) in [6.07, 6.45) is 0. The maximum absolute atomic E-state index is 13.1. The summed E-state index contributed by atoms with van der Waals surface area (Å²) in [5, 5.41) is 0. The van der Waals surface area contributed by atoms with E-state index in [1.54, 1.807) is 0 Å². The van der Waals surface area contributed by atoms with Gasteiger partial charge in [-0.1, -0.05) is 6.07 Å². The first-order valence-corrected chi connectivity index (χ1v) is 4.26. The molecule has 0 aliphatic rings. The molecular formula is C7H6F4N2S. The fourth-order valence-electron chi connectivity index (χ4n) is 0.826. The summed E-state index contributed by atoms with van der Waals surface area (Å²) in [7, 11) is 0. The smallest absolute Gasteiger partial charge is 0.321 e. The average molecular weight is 226 g/mol. The third-order valence-corrected chi connectivity index (χ3v) is 2.11. The van der Waals surface area contributed by atoms with Gasteiger partial charge in [0.25, 0.3) is 0 Å². The van der Waals surface area contributed by atoms with Gasteiger partial charge in [0, 0.05) is 0 Å². The summed E-state index contributed by atoms with van der Waals surface area (Å²) < 4.78 is 48.8. The highest BCUT2D eigenvalue weighted by Gasteiger charge is 2.31. The third kappa shape index (κ3) is 2.78. The minimum Gasteiger partial charge on any atom is -0.321 e. The molecule has 1 rings (SSSR count). The molecule has 7 heteroatoms. The molecule has 0 aromatic heterocycles. The molecule has 0 bridgehead atoms. The van der Waals surface area contributed by atoms with Crippen LogP contribution in [0.2, 0.25) is 0 Å². The van der Waals surface area contributed by atoms with E-state index in [1.807, 2.05) is 5.43 Å². The number of benzene rings is 1. The third-order valence-electron chi connectivity index (χ3n) is 1.34. The number of nitrogen functional groups attached to an aromatic ring is 1. The molecule has 14 heavy (non-hydrogen) atoms. The first kappa shape index (κ1) is 11.1. The summed E-state index contributed by atoms with van der Waals surface area (Å²) in [6.45, 7) is 0. The van der Waals surface area contributed by atoms with Crippen molar-refractivity contribution in [3.05, 3.63) is 24.0 Å². The maximum atomic E-state index is 13.1. The number of hydrazine groups is 1. The van der Waals surface area contributed by atoms with Crippen LogP contribution in [0.25, 0.3) is 0 Å². The van der Waals surface area contributed by atoms with Crippen molar-refractivity contribution in [1.29, 1.82) is 0 Å². The first-order chi connectivity index (χ1) is 6.44. The van der Waals surface area contributed by atoms with Gasteiger partial charge in [-0.3, -0.25) is 5.84 Å².